The van der Waals surface area contributed by atoms with E-state index < -0.39 is 6.10 Å². The summed E-state index contributed by atoms with van der Waals surface area (Å²) in [5.74, 6) is -0.0217. The fourth-order valence-corrected chi connectivity index (χ4v) is 3.08. The zero-order valence-electron chi connectivity index (χ0n) is 12.5. The molecule has 1 atom stereocenters. The normalized spacial score (nSPS) is 18.3. The molecule has 2 heterocycles. The van der Waals surface area contributed by atoms with Crippen LogP contribution in [0.3, 0.4) is 0 Å². The Morgan fingerprint density at radius 3 is 2.50 bits per heavy atom. The van der Waals surface area contributed by atoms with Crippen molar-refractivity contribution in [2.75, 3.05) is 13.1 Å². The molecular formula is C18H21FN2O. The number of nitrogens with zero attached hydrogens (tertiary/aromatic N) is 2. The second-order valence-electron chi connectivity index (χ2n) is 5.93. The standard InChI is InChI=1S/C18H21FN2O/c19-16-6-4-14(5-7-16)18(22)15-8-11-21(12-9-15)13-17-3-1-2-10-20-17/h1-7,10,15,18,22H,8-9,11-13H2. The van der Waals surface area contributed by atoms with E-state index in [-0.39, 0.29) is 11.7 Å². The Kier molecular flexibility index (Phi) is 4.80. The number of hydrogen-bond donors (Lipinski definition) is 1. The molecule has 1 aromatic heterocycles. The molecule has 0 bridgehead atoms. The van der Waals surface area contributed by atoms with Gasteiger partial charge in [0.25, 0.3) is 0 Å². The van der Waals surface area contributed by atoms with Crippen molar-refractivity contribution in [3.63, 3.8) is 0 Å². The van der Waals surface area contributed by atoms with Crippen LogP contribution in [0.1, 0.15) is 30.2 Å². The van der Waals surface area contributed by atoms with E-state index in [2.05, 4.69) is 9.88 Å². The van der Waals surface area contributed by atoms with Crippen LogP contribution < -0.4 is 0 Å². The number of halogens is 1. The molecule has 2 aromatic rings. The van der Waals surface area contributed by atoms with E-state index in [9.17, 15) is 9.50 Å². The van der Waals surface area contributed by atoms with Crippen molar-refractivity contribution in [1.29, 1.82) is 0 Å². The Hall–Kier alpha value is -1.78. The molecule has 0 saturated carbocycles. The number of likely N-dealkylation sites (tertiary alicyclic amines) is 1. The van der Waals surface area contributed by atoms with Crippen LogP contribution in [-0.4, -0.2) is 28.1 Å². The highest BCUT2D eigenvalue weighted by Gasteiger charge is 2.26. The lowest BCUT2D eigenvalue weighted by Crippen LogP contribution is -2.35. The summed E-state index contributed by atoms with van der Waals surface area (Å²) in [7, 11) is 0. The minimum Gasteiger partial charge on any atom is -0.388 e. The third-order valence-electron chi connectivity index (χ3n) is 4.40. The van der Waals surface area contributed by atoms with Crippen molar-refractivity contribution in [3.8, 4) is 0 Å². The molecule has 1 aliphatic rings. The van der Waals surface area contributed by atoms with Crippen LogP contribution >= 0.6 is 0 Å². The molecule has 1 fully saturated rings. The first-order valence-electron chi connectivity index (χ1n) is 7.78. The van der Waals surface area contributed by atoms with Crippen LogP contribution in [-0.2, 0) is 6.54 Å². The maximum absolute atomic E-state index is 13.0. The van der Waals surface area contributed by atoms with Crippen LogP contribution in [0.2, 0.25) is 0 Å². The number of benzene rings is 1. The van der Waals surface area contributed by atoms with Gasteiger partial charge in [-0.15, -0.1) is 0 Å². The topological polar surface area (TPSA) is 36.4 Å². The van der Waals surface area contributed by atoms with Gasteiger partial charge in [-0.05, 0) is 61.7 Å². The lowest BCUT2D eigenvalue weighted by molar-refractivity contribution is 0.0564. The molecule has 0 amide bonds. The quantitative estimate of drug-likeness (QED) is 0.942. The van der Waals surface area contributed by atoms with Crippen molar-refractivity contribution in [2.24, 2.45) is 5.92 Å². The van der Waals surface area contributed by atoms with E-state index in [1.54, 1.807) is 12.1 Å². The second kappa shape index (κ2) is 6.99. The molecule has 3 nitrogen and oxygen atoms in total. The number of hydrogen-bond acceptors (Lipinski definition) is 3. The smallest absolute Gasteiger partial charge is 0.123 e. The summed E-state index contributed by atoms with van der Waals surface area (Å²) in [6.07, 6.45) is 3.22. The molecule has 0 spiro atoms. The predicted molar refractivity (Wildman–Crippen MR) is 83.6 cm³/mol. The van der Waals surface area contributed by atoms with Gasteiger partial charge in [-0.2, -0.15) is 0 Å². The maximum atomic E-state index is 13.0. The molecule has 0 radical (unpaired) electrons. The Morgan fingerprint density at radius 1 is 1.14 bits per heavy atom. The second-order valence-corrected chi connectivity index (χ2v) is 5.93. The molecular weight excluding hydrogens is 279 g/mol. The van der Waals surface area contributed by atoms with E-state index >= 15 is 0 Å². The summed E-state index contributed by atoms with van der Waals surface area (Å²) in [6, 6.07) is 12.2. The summed E-state index contributed by atoms with van der Waals surface area (Å²) in [5, 5.41) is 10.5. The van der Waals surface area contributed by atoms with E-state index in [4.69, 9.17) is 0 Å². The fraction of sp³-hybridized carbons (Fsp3) is 0.389. The average molecular weight is 300 g/mol. The van der Waals surface area contributed by atoms with Gasteiger partial charge in [-0.3, -0.25) is 9.88 Å². The zero-order chi connectivity index (χ0) is 15.4. The molecule has 1 saturated heterocycles. The maximum Gasteiger partial charge on any atom is 0.123 e. The van der Waals surface area contributed by atoms with Crippen molar-refractivity contribution in [3.05, 3.63) is 65.7 Å². The van der Waals surface area contributed by atoms with E-state index in [0.29, 0.717) is 0 Å². The van der Waals surface area contributed by atoms with Gasteiger partial charge in [-0.25, -0.2) is 4.39 Å². The highest BCUT2D eigenvalue weighted by atomic mass is 19.1. The molecule has 1 N–H and O–H groups in total. The minimum absolute atomic E-state index is 0.241. The third-order valence-corrected chi connectivity index (χ3v) is 4.40. The highest BCUT2D eigenvalue weighted by Crippen LogP contribution is 2.31. The zero-order valence-corrected chi connectivity index (χ0v) is 12.5. The summed E-state index contributed by atoms with van der Waals surface area (Å²) in [5.41, 5.74) is 1.89. The van der Waals surface area contributed by atoms with Gasteiger partial charge in [0.15, 0.2) is 0 Å². The molecule has 3 rings (SSSR count). The van der Waals surface area contributed by atoms with Gasteiger partial charge in [0.05, 0.1) is 11.8 Å². The highest BCUT2D eigenvalue weighted by molar-refractivity contribution is 5.19. The van der Waals surface area contributed by atoms with Crippen molar-refractivity contribution >= 4 is 0 Å². The number of aliphatic hydroxyl groups is 1. The van der Waals surface area contributed by atoms with Crippen molar-refractivity contribution < 1.29 is 9.50 Å². The fourth-order valence-electron chi connectivity index (χ4n) is 3.08. The van der Waals surface area contributed by atoms with Gasteiger partial charge in [0.2, 0.25) is 0 Å². The molecule has 4 heteroatoms. The first-order chi connectivity index (χ1) is 10.7. The van der Waals surface area contributed by atoms with Crippen LogP contribution in [0.4, 0.5) is 4.39 Å². The largest absolute Gasteiger partial charge is 0.388 e. The summed E-state index contributed by atoms with van der Waals surface area (Å²) >= 11 is 0. The van der Waals surface area contributed by atoms with Gasteiger partial charge in [0, 0.05) is 12.7 Å². The van der Waals surface area contributed by atoms with Crippen LogP contribution in [0, 0.1) is 11.7 Å². The molecule has 116 valence electrons. The first-order valence-corrected chi connectivity index (χ1v) is 7.78. The summed E-state index contributed by atoms with van der Waals surface area (Å²) in [4.78, 5) is 6.73. The van der Waals surface area contributed by atoms with Crippen molar-refractivity contribution in [1.82, 2.24) is 9.88 Å². The lowest BCUT2D eigenvalue weighted by Gasteiger charge is -2.34. The van der Waals surface area contributed by atoms with E-state index in [1.807, 2.05) is 24.4 Å². The van der Waals surface area contributed by atoms with Gasteiger partial charge < -0.3 is 5.11 Å². The third kappa shape index (κ3) is 3.70. The SMILES string of the molecule is OC(c1ccc(F)cc1)C1CCN(Cc2ccccn2)CC1. The van der Waals surface area contributed by atoms with Gasteiger partial charge >= 0.3 is 0 Å². The summed E-state index contributed by atoms with van der Waals surface area (Å²) < 4.78 is 13.0. The number of aromatic nitrogens is 1. The molecule has 1 aromatic carbocycles. The monoisotopic (exact) mass is 300 g/mol. The average Bonchev–Trinajstić information content (AvgIpc) is 2.57. The van der Waals surface area contributed by atoms with Gasteiger partial charge in [0.1, 0.15) is 5.82 Å². The number of pyridine rings is 1. The molecule has 0 aliphatic carbocycles. The first kappa shape index (κ1) is 15.1. The van der Waals surface area contributed by atoms with Crippen LogP contribution in [0.15, 0.2) is 48.7 Å². The van der Waals surface area contributed by atoms with Crippen LogP contribution in [0.25, 0.3) is 0 Å². The number of piperidine rings is 1. The predicted octanol–water partition coefficient (Wildman–Crippen LogP) is 3.17. The molecule has 22 heavy (non-hydrogen) atoms. The summed E-state index contributed by atoms with van der Waals surface area (Å²) in [6.45, 7) is 2.78. The Morgan fingerprint density at radius 2 is 1.86 bits per heavy atom. The Balaban J connectivity index is 1.54. The lowest BCUT2D eigenvalue weighted by atomic mass is 9.87. The Bertz CT molecular complexity index is 580. The van der Waals surface area contributed by atoms with Crippen molar-refractivity contribution in [2.45, 2.75) is 25.5 Å². The molecule has 1 aliphatic heterocycles. The van der Waals surface area contributed by atoms with E-state index in [1.165, 1.54) is 12.1 Å². The molecule has 1 unspecified atom stereocenters. The Labute approximate surface area is 130 Å². The van der Waals surface area contributed by atoms with Gasteiger partial charge in [-0.1, -0.05) is 18.2 Å². The number of rotatable bonds is 4. The number of aliphatic hydroxyl groups excluding tert-OH is 1. The van der Waals surface area contributed by atoms with E-state index in [0.717, 1.165) is 43.7 Å². The minimum atomic E-state index is -0.502. The van der Waals surface area contributed by atoms with Crippen LogP contribution in [0.5, 0.6) is 0 Å².